The van der Waals surface area contributed by atoms with Gasteiger partial charge < -0.3 is 4.48 Å². The number of hydroxylamine groups is 1. The zero-order valence-electron chi connectivity index (χ0n) is 7.38. The summed E-state index contributed by atoms with van der Waals surface area (Å²) in [5.74, 6) is -0.180. The molecule has 2 N–H and O–H groups in total. The van der Waals surface area contributed by atoms with E-state index in [9.17, 15) is 4.79 Å². The van der Waals surface area contributed by atoms with Crippen LogP contribution in [0.4, 0.5) is 0 Å². The molecule has 0 aliphatic rings. The summed E-state index contributed by atoms with van der Waals surface area (Å²) in [4.78, 5) is 10.8. The Hall–Kier alpha value is -0.870. The van der Waals surface area contributed by atoms with Crippen LogP contribution in [0.2, 0.25) is 0 Å². The quantitative estimate of drug-likeness (QED) is 0.349. The Morgan fingerprint density at radius 2 is 1.91 bits per heavy atom. The molecular formula is C7H15N2O2+. The lowest BCUT2D eigenvalue weighted by Crippen LogP contribution is -2.30. The van der Waals surface area contributed by atoms with E-state index in [0.29, 0.717) is 4.48 Å². The predicted molar refractivity (Wildman–Crippen MR) is 41.7 cm³/mol. The molecule has 0 aliphatic carbocycles. The van der Waals surface area contributed by atoms with Gasteiger partial charge in [-0.25, -0.2) is 0 Å². The molecule has 0 aromatic rings. The fraction of sp³-hybridized carbons (Fsp3) is 0.571. The van der Waals surface area contributed by atoms with E-state index in [4.69, 9.17) is 5.21 Å². The lowest BCUT2D eigenvalue weighted by Gasteiger charge is -2.18. The predicted octanol–water partition coefficient (Wildman–Crippen LogP) is 0.102. The molecule has 0 rings (SSSR count). The third-order valence-corrected chi connectivity index (χ3v) is 1.02. The monoisotopic (exact) mass is 159 g/mol. The van der Waals surface area contributed by atoms with Crippen LogP contribution in [0.1, 0.15) is 6.92 Å². The van der Waals surface area contributed by atoms with E-state index in [1.807, 2.05) is 26.6 Å². The van der Waals surface area contributed by atoms with Crippen LogP contribution in [0.5, 0.6) is 0 Å². The van der Waals surface area contributed by atoms with Crippen molar-refractivity contribution in [1.82, 2.24) is 5.48 Å². The number of hydrogen-bond donors (Lipinski definition) is 2. The highest BCUT2D eigenvalue weighted by Gasteiger charge is 2.09. The van der Waals surface area contributed by atoms with Crippen molar-refractivity contribution in [2.75, 3.05) is 21.1 Å². The van der Waals surface area contributed by atoms with Gasteiger partial charge in [0.15, 0.2) is 11.5 Å². The van der Waals surface area contributed by atoms with Crippen LogP contribution in [0.3, 0.4) is 0 Å². The van der Waals surface area contributed by atoms with Crippen LogP contribution < -0.4 is 5.48 Å². The fourth-order valence-electron chi connectivity index (χ4n) is 0.586. The largest absolute Gasteiger partial charge is 0.303 e. The van der Waals surface area contributed by atoms with Gasteiger partial charge in [0.2, 0.25) is 0 Å². The highest BCUT2D eigenvalue weighted by atomic mass is 16.5. The van der Waals surface area contributed by atoms with Crippen molar-refractivity contribution < 1.29 is 14.5 Å². The van der Waals surface area contributed by atoms with Crippen molar-refractivity contribution in [3.63, 3.8) is 0 Å². The van der Waals surface area contributed by atoms with Crippen LogP contribution in [-0.2, 0) is 4.79 Å². The van der Waals surface area contributed by atoms with Gasteiger partial charge >= 0.3 is 0 Å². The van der Waals surface area contributed by atoms with E-state index >= 15 is 0 Å². The minimum atomic E-state index is -0.180. The Kier molecular flexibility index (Phi) is 3.22. The molecule has 0 aromatic carbocycles. The molecule has 0 saturated heterocycles. The molecule has 0 bridgehead atoms. The SMILES string of the molecule is CC(=O)/C(=C\[N+](C)(C)C)NO. The molecule has 0 fully saturated rings. The lowest BCUT2D eigenvalue weighted by molar-refractivity contribution is -0.817. The van der Waals surface area contributed by atoms with E-state index in [2.05, 4.69) is 0 Å². The molecular weight excluding hydrogens is 144 g/mol. The van der Waals surface area contributed by atoms with Crippen molar-refractivity contribution in [2.24, 2.45) is 0 Å². The number of carbonyl (C=O) groups excluding carboxylic acids is 1. The molecule has 0 saturated carbocycles. The maximum Gasteiger partial charge on any atom is 0.183 e. The number of hydrogen-bond acceptors (Lipinski definition) is 3. The van der Waals surface area contributed by atoms with Gasteiger partial charge in [0.05, 0.1) is 21.1 Å². The average molecular weight is 159 g/mol. The third kappa shape index (κ3) is 4.52. The van der Waals surface area contributed by atoms with Gasteiger partial charge in [0, 0.05) is 6.92 Å². The Balaban J connectivity index is 4.49. The summed E-state index contributed by atoms with van der Waals surface area (Å²) in [5, 5.41) is 8.51. The second-order valence-corrected chi connectivity index (χ2v) is 3.33. The molecule has 4 nitrogen and oxygen atoms in total. The Labute approximate surface area is 66.7 Å². The maximum atomic E-state index is 10.8. The van der Waals surface area contributed by atoms with Gasteiger partial charge in [-0.15, -0.1) is 0 Å². The molecule has 0 heterocycles. The van der Waals surface area contributed by atoms with Gasteiger partial charge in [-0.1, -0.05) is 0 Å². The molecule has 4 heteroatoms. The minimum absolute atomic E-state index is 0.180. The van der Waals surface area contributed by atoms with E-state index in [1.165, 1.54) is 6.92 Å². The van der Waals surface area contributed by atoms with Crippen molar-refractivity contribution >= 4 is 5.78 Å². The Morgan fingerprint density at radius 3 is 2.00 bits per heavy atom. The number of nitrogens with zero attached hydrogens (tertiary/aromatic N) is 1. The Bertz CT molecular complexity index is 179. The van der Waals surface area contributed by atoms with Crippen LogP contribution in [0.15, 0.2) is 11.9 Å². The molecule has 0 aromatic heterocycles. The van der Waals surface area contributed by atoms with Crippen LogP contribution in [0, 0.1) is 0 Å². The number of nitrogens with one attached hydrogen (secondary N) is 1. The van der Waals surface area contributed by atoms with Crippen LogP contribution in [-0.4, -0.2) is 36.6 Å². The molecule has 64 valence electrons. The summed E-state index contributed by atoms with van der Waals surface area (Å²) in [6.07, 6.45) is 1.63. The average Bonchev–Trinajstić information content (AvgIpc) is 1.80. The second kappa shape index (κ2) is 3.50. The van der Waals surface area contributed by atoms with Crippen molar-refractivity contribution in [3.05, 3.63) is 11.9 Å². The normalized spacial score (nSPS) is 13.0. The molecule has 0 radical (unpaired) electrons. The first kappa shape index (κ1) is 10.1. The first-order valence-electron chi connectivity index (χ1n) is 3.32. The Morgan fingerprint density at radius 1 is 1.45 bits per heavy atom. The van der Waals surface area contributed by atoms with Gasteiger partial charge in [0.25, 0.3) is 0 Å². The number of rotatable bonds is 3. The second-order valence-electron chi connectivity index (χ2n) is 3.33. The van der Waals surface area contributed by atoms with E-state index in [1.54, 1.807) is 6.20 Å². The third-order valence-electron chi connectivity index (χ3n) is 1.02. The molecule has 0 aliphatic heterocycles. The number of carbonyl (C=O) groups is 1. The smallest absolute Gasteiger partial charge is 0.183 e. The summed E-state index contributed by atoms with van der Waals surface area (Å²) in [6, 6.07) is 0. The zero-order chi connectivity index (χ0) is 9.07. The first-order valence-corrected chi connectivity index (χ1v) is 3.32. The molecule has 0 unspecified atom stereocenters. The number of allylic oxidation sites excluding steroid dienone is 1. The summed E-state index contributed by atoms with van der Waals surface area (Å²) in [6.45, 7) is 1.39. The van der Waals surface area contributed by atoms with Gasteiger partial charge in [-0.3, -0.25) is 15.5 Å². The summed E-state index contributed by atoms with van der Waals surface area (Å²) < 4.78 is 0.489. The van der Waals surface area contributed by atoms with Crippen molar-refractivity contribution in [3.8, 4) is 0 Å². The molecule has 0 atom stereocenters. The molecule has 0 amide bonds. The molecule has 0 spiro atoms. The van der Waals surface area contributed by atoms with Crippen molar-refractivity contribution in [2.45, 2.75) is 6.92 Å². The number of Topliss-reactive ketones (excluding diaryl/α,β-unsaturated/α-hetero) is 1. The lowest BCUT2D eigenvalue weighted by atomic mass is 10.3. The summed E-state index contributed by atoms with van der Waals surface area (Å²) in [5.41, 5.74) is 2.07. The van der Waals surface area contributed by atoms with E-state index < -0.39 is 0 Å². The summed E-state index contributed by atoms with van der Waals surface area (Å²) >= 11 is 0. The topological polar surface area (TPSA) is 49.3 Å². The highest BCUT2D eigenvalue weighted by molar-refractivity contribution is 5.92. The number of quaternary nitrogens is 1. The van der Waals surface area contributed by atoms with Crippen LogP contribution >= 0.6 is 0 Å². The molecule has 11 heavy (non-hydrogen) atoms. The summed E-state index contributed by atoms with van der Waals surface area (Å²) in [7, 11) is 5.67. The van der Waals surface area contributed by atoms with E-state index in [-0.39, 0.29) is 11.5 Å². The zero-order valence-corrected chi connectivity index (χ0v) is 7.38. The van der Waals surface area contributed by atoms with Crippen LogP contribution in [0.25, 0.3) is 0 Å². The fourth-order valence-corrected chi connectivity index (χ4v) is 0.586. The maximum absolute atomic E-state index is 10.8. The van der Waals surface area contributed by atoms with E-state index in [0.717, 1.165) is 0 Å². The number of ketones is 1. The van der Waals surface area contributed by atoms with Gasteiger partial charge in [0.1, 0.15) is 6.20 Å². The van der Waals surface area contributed by atoms with Crippen molar-refractivity contribution in [1.29, 1.82) is 0 Å². The van der Waals surface area contributed by atoms with Gasteiger partial charge in [-0.05, 0) is 0 Å². The van der Waals surface area contributed by atoms with Gasteiger partial charge in [-0.2, -0.15) is 0 Å². The standard InChI is InChI=1S/C7H15N2O2/c1-6(10)7(8-11)5-9(2,3)4/h5,8,11H,1-4H3/q+1/b7-5+. The first-order chi connectivity index (χ1) is 4.87. The highest BCUT2D eigenvalue weighted by Crippen LogP contribution is 1.97. The minimum Gasteiger partial charge on any atom is -0.303 e.